The van der Waals surface area contributed by atoms with Crippen LogP contribution < -0.4 is 5.32 Å². The van der Waals surface area contributed by atoms with Crippen molar-refractivity contribution in [3.63, 3.8) is 0 Å². The van der Waals surface area contributed by atoms with E-state index < -0.39 is 5.54 Å². The van der Waals surface area contributed by atoms with Gasteiger partial charge in [-0.3, -0.25) is 4.79 Å². The first-order chi connectivity index (χ1) is 10.4. The second-order valence-corrected chi connectivity index (χ2v) is 5.51. The molecular weight excluding hydrogens is 285 g/mol. The van der Waals surface area contributed by atoms with Crippen LogP contribution in [0.5, 0.6) is 0 Å². The minimum absolute atomic E-state index is 0.242. The highest BCUT2D eigenvalue weighted by molar-refractivity contribution is 5.95. The summed E-state index contributed by atoms with van der Waals surface area (Å²) in [5.74, 6) is -0.650. The highest BCUT2D eigenvalue weighted by atomic mass is 19.1. The van der Waals surface area contributed by atoms with E-state index in [2.05, 4.69) is 15.5 Å². The van der Waals surface area contributed by atoms with E-state index in [1.54, 1.807) is 32.0 Å². The van der Waals surface area contributed by atoms with Gasteiger partial charge in [0.05, 0.1) is 29.6 Å². The van der Waals surface area contributed by atoms with Crippen LogP contribution in [-0.4, -0.2) is 33.4 Å². The molecule has 22 heavy (non-hydrogen) atoms. The Morgan fingerprint density at radius 1 is 1.32 bits per heavy atom. The summed E-state index contributed by atoms with van der Waals surface area (Å²) in [5.41, 5.74) is 0.892. The lowest BCUT2D eigenvalue weighted by molar-refractivity contribution is 0.0850. The van der Waals surface area contributed by atoms with Gasteiger partial charge in [-0.25, -0.2) is 4.39 Å². The van der Waals surface area contributed by atoms with Crippen molar-refractivity contribution in [1.82, 2.24) is 15.5 Å². The number of aliphatic hydroxyl groups excluding tert-OH is 1. The molecule has 1 atom stereocenters. The lowest BCUT2D eigenvalue weighted by atomic mass is 9.93. The number of hydrogen-bond acceptors (Lipinski definition) is 4. The summed E-state index contributed by atoms with van der Waals surface area (Å²) >= 11 is 0. The summed E-state index contributed by atoms with van der Waals surface area (Å²) in [6.45, 7) is 3.18. The zero-order valence-electron chi connectivity index (χ0n) is 12.5. The molecule has 1 aromatic carbocycles. The quantitative estimate of drug-likeness (QED) is 0.880. The summed E-state index contributed by atoms with van der Waals surface area (Å²) in [6.07, 6.45) is 1.82. The van der Waals surface area contributed by atoms with Gasteiger partial charge in [0, 0.05) is 0 Å². The monoisotopic (exact) mass is 303 g/mol. The molecule has 2 aromatic rings. The van der Waals surface area contributed by atoms with Gasteiger partial charge < -0.3 is 10.4 Å². The molecular formula is C16H18FN3O2. The Hall–Kier alpha value is -2.34. The van der Waals surface area contributed by atoms with Crippen LogP contribution in [-0.2, 0) is 6.42 Å². The third-order valence-electron chi connectivity index (χ3n) is 3.42. The molecule has 0 aliphatic heterocycles. The molecule has 0 fully saturated rings. The number of rotatable bonds is 5. The Balaban J connectivity index is 2.14. The molecule has 5 nitrogen and oxygen atoms in total. The number of aromatic nitrogens is 2. The number of benzene rings is 1. The van der Waals surface area contributed by atoms with Gasteiger partial charge in [0.1, 0.15) is 5.82 Å². The zero-order chi connectivity index (χ0) is 16.2. The minimum atomic E-state index is -0.857. The van der Waals surface area contributed by atoms with Crippen LogP contribution in [0.4, 0.5) is 4.39 Å². The Morgan fingerprint density at radius 2 is 2.00 bits per heavy atom. The molecule has 0 saturated carbocycles. The normalized spacial score (nSPS) is 13.5. The van der Waals surface area contributed by atoms with E-state index in [0.29, 0.717) is 17.7 Å². The summed E-state index contributed by atoms with van der Waals surface area (Å²) in [5, 5.41) is 20.0. The number of nitrogens with zero attached hydrogens (tertiary/aromatic N) is 2. The molecule has 0 spiro atoms. The van der Waals surface area contributed by atoms with Crippen molar-refractivity contribution < 1.29 is 14.3 Å². The Kier molecular flexibility index (Phi) is 4.82. The van der Waals surface area contributed by atoms with Crippen LogP contribution in [0.2, 0.25) is 0 Å². The highest BCUT2D eigenvalue weighted by Gasteiger charge is 2.27. The van der Waals surface area contributed by atoms with E-state index in [0.717, 1.165) is 5.56 Å². The molecule has 2 rings (SSSR count). The van der Waals surface area contributed by atoms with E-state index in [4.69, 9.17) is 0 Å². The molecule has 1 unspecified atom stereocenters. The van der Waals surface area contributed by atoms with Gasteiger partial charge in [0.25, 0.3) is 5.91 Å². The van der Waals surface area contributed by atoms with E-state index in [1.165, 1.54) is 18.3 Å². The highest BCUT2D eigenvalue weighted by Crippen LogP contribution is 2.15. The van der Waals surface area contributed by atoms with Crippen LogP contribution >= 0.6 is 0 Å². The Morgan fingerprint density at radius 3 is 2.59 bits per heavy atom. The van der Waals surface area contributed by atoms with E-state index >= 15 is 0 Å². The number of aryl methyl sites for hydroxylation is 1. The van der Waals surface area contributed by atoms with Gasteiger partial charge in [-0.05, 0) is 44.0 Å². The first kappa shape index (κ1) is 16.0. The smallest absolute Gasteiger partial charge is 0.253 e. The lowest BCUT2D eigenvalue weighted by Crippen LogP contribution is -2.50. The summed E-state index contributed by atoms with van der Waals surface area (Å²) in [4.78, 5) is 12.3. The molecule has 0 aliphatic carbocycles. The second-order valence-electron chi connectivity index (χ2n) is 5.51. The van der Waals surface area contributed by atoms with E-state index in [1.807, 2.05) is 0 Å². The molecule has 1 amide bonds. The van der Waals surface area contributed by atoms with Crippen molar-refractivity contribution in [1.29, 1.82) is 0 Å². The number of carbonyl (C=O) groups excluding carboxylic acids is 1. The van der Waals surface area contributed by atoms with Crippen molar-refractivity contribution in [3.05, 3.63) is 59.2 Å². The summed E-state index contributed by atoms with van der Waals surface area (Å²) in [7, 11) is 0. The van der Waals surface area contributed by atoms with Crippen LogP contribution in [0.3, 0.4) is 0 Å². The molecule has 0 radical (unpaired) electrons. The van der Waals surface area contributed by atoms with Crippen molar-refractivity contribution in [2.45, 2.75) is 25.8 Å². The molecule has 0 aliphatic rings. The fraction of sp³-hybridized carbons (Fsp3) is 0.312. The fourth-order valence-electron chi connectivity index (χ4n) is 2.18. The predicted octanol–water partition coefficient (Wildman–Crippen LogP) is 1.65. The molecule has 1 heterocycles. The van der Waals surface area contributed by atoms with Crippen LogP contribution in [0, 0.1) is 12.7 Å². The number of carbonyl (C=O) groups is 1. The zero-order valence-corrected chi connectivity index (χ0v) is 12.5. The standard InChI is InChI=1S/C16H18FN3O2/c1-11-14(7-8-18-20-11)15(22)19-16(2,10-21)9-12-3-5-13(17)6-4-12/h3-8,21H,9-10H2,1-2H3,(H,19,22). The number of amides is 1. The summed E-state index contributed by atoms with van der Waals surface area (Å²) < 4.78 is 12.9. The van der Waals surface area contributed by atoms with Crippen molar-refractivity contribution in [2.75, 3.05) is 6.61 Å². The number of hydrogen-bond donors (Lipinski definition) is 2. The number of aliphatic hydroxyl groups is 1. The second kappa shape index (κ2) is 6.62. The molecule has 2 N–H and O–H groups in total. The van der Waals surface area contributed by atoms with Gasteiger partial charge in [-0.1, -0.05) is 12.1 Å². The molecule has 1 aromatic heterocycles. The van der Waals surface area contributed by atoms with Gasteiger partial charge in [-0.2, -0.15) is 10.2 Å². The van der Waals surface area contributed by atoms with Crippen LogP contribution in [0.25, 0.3) is 0 Å². The molecule has 0 bridgehead atoms. The SMILES string of the molecule is Cc1nnccc1C(=O)NC(C)(CO)Cc1ccc(F)cc1. The fourth-order valence-corrected chi connectivity index (χ4v) is 2.18. The van der Waals surface area contributed by atoms with E-state index in [9.17, 15) is 14.3 Å². The molecule has 6 heteroatoms. The summed E-state index contributed by atoms with van der Waals surface area (Å²) in [6, 6.07) is 7.55. The minimum Gasteiger partial charge on any atom is -0.394 e. The van der Waals surface area contributed by atoms with Gasteiger partial charge in [0.15, 0.2) is 0 Å². The lowest BCUT2D eigenvalue weighted by Gasteiger charge is -2.29. The molecule has 116 valence electrons. The average molecular weight is 303 g/mol. The van der Waals surface area contributed by atoms with Gasteiger partial charge in [0.2, 0.25) is 0 Å². The Labute approximate surface area is 128 Å². The van der Waals surface area contributed by atoms with Gasteiger partial charge >= 0.3 is 0 Å². The van der Waals surface area contributed by atoms with E-state index in [-0.39, 0.29) is 18.3 Å². The molecule has 0 saturated heterocycles. The maximum atomic E-state index is 12.9. The third-order valence-corrected chi connectivity index (χ3v) is 3.42. The van der Waals surface area contributed by atoms with Gasteiger partial charge in [-0.15, -0.1) is 0 Å². The number of halogens is 1. The Bertz CT molecular complexity index is 661. The van der Waals surface area contributed by atoms with Crippen LogP contribution in [0.15, 0.2) is 36.5 Å². The maximum Gasteiger partial charge on any atom is 0.253 e. The van der Waals surface area contributed by atoms with Crippen molar-refractivity contribution >= 4 is 5.91 Å². The van der Waals surface area contributed by atoms with Crippen LogP contribution in [0.1, 0.15) is 28.5 Å². The maximum absolute atomic E-state index is 12.9. The first-order valence-electron chi connectivity index (χ1n) is 6.90. The average Bonchev–Trinajstić information content (AvgIpc) is 2.50. The topological polar surface area (TPSA) is 75.1 Å². The van der Waals surface area contributed by atoms with Crippen molar-refractivity contribution in [3.8, 4) is 0 Å². The third kappa shape index (κ3) is 3.85. The van der Waals surface area contributed by atoms with Crippen molar-refractivity contribution in [2.24, 2.45) is 0 Å². The predicted molar refractivity (Wildman–Crippen MR) is 79.8 cm³/mol. The number of nitrogens with one attached hydrogen (secondary N) is 1. The largest absolute Gasteiger partial charge is 0.394 e. The first-order valence-corrected chi connectivity index (χ1v) is 6.90.